The molecule has 1 fully saturated rings. The summed E-state index contributed by atoms with van der Waals surface area (Å²) in [4.78, 5) is 24.8. The summed E-state index contributed by atoms with van der Waals surface area (Å²) in [7, 11) is 0. The van der Waals surface area contributed by atoms with Gasteiger partial charge in [-0.25, -0.2) is 0 Å². The summed E-state index contributed by atoms with van der Waals surface area (Å²) in [6, 6.07) is 8.04. The molecule has 0 aliphatic carbocycles. The molecular formula is C16H21NO3. The van der Waals surface area contributed by atoms with Gasteiger partial charge in [0.15, 0.2) is 0 Å². The van der Waals surface area contributed by atoms with E-state index in [2.05, 4.69) is 6.07 Å². The van der Waals surface area contributed by atoms with Crippen molar-refractivity contribution >= 4 is 11.9 Å². The molecule has 1 N–H and O–H groups in total. The number of amides is 1. The van der Waals surface area contributed by atoms with Crippen LogP contribution in [-0.2, 0) is 16.0 Å². The Balaban J connectivity index is 1.89. The molecule has 1 aliphatic heterocycles. The third-order valence-corrected chi connectivity index (χ3v) is 3.82. The van der Waals surface area contributed by atoms with E-state index in [1.54, 1.807) is 4.90 Å². The SMILES string of the molecule is Cc1cccc(CCC(=O)N2CCCC2CC(=O)O)c1. The lowest BCUT2D eigenvalue weighted by Gasteiger charge is -2.23. The van der Waals surface area contributed by atoms with Crippen LogP contribution in [0.25, 0.3) is 0 Å². The maximum Gasteiger partial charge on any atom is 0.305 e. The zero-order valence-electron chi connectivity index (χ0n) is 11.8. The molecule has 0 spiro atoms. The van der Waals surface area contributed by atoms with Gasteiger partial charge in [0.1, 0.15) is 0 Å². The van der Waals surface area contributed by atoms with Crippen LogP contribution in [-0.4, -0.2) is 34.5 Å². The lowest BCUT2D eigenvalue weighted by atomic mass is 10.1. The Hall–Kier alpha value is -1.84. The highest BCUT2D eigenvalue weighted by molar-refractivity contribution is 5.78. The highest BCUT2D eigenvalue weighted by Gasteiger charge is 2.29. The topological polar surface area (TPSA) is 57.6 Å². The molecule has 1 amide bonds. The van der Waals surface area contributed by atoms with Gasteiger partial charge >= 0.3 is 5.97 Å². The minimum absolute atomic E-state index is 0.0657. The fraction of sp³-hybridized carbons (Fsp3) is 0.500. The smallest absolute Gasteiger partial charge is 0.305 e. The number of carboxylic acid groups (broad SMARTS) is 1. The average Bonchev–Trinajstić information content (AvgIpc) is 2.83. The van der Waals surface area contributed by atoms with Gasteiger partial charge in [0.05, 0.1) is 6.42 Å². The third-order valence-electron chi connectivity index (χ3n) is 3.82. The van der Waals surface area contributed by atoms with Crippen molar-refractivity contribution in [1.82, 2.24) is 4.90 Å². The molecule has 2 rings (SSSR count). The standard InChI is InChI=1S/C16H21NO3/c1-12-4-2-5-13(10-12)7-8-15(18)17-9-3-6-14(17)11-16(19)20/h2,4-5,10,14H,3,6-9,11H2,1H3,(H,19,20). The molecule has 0 bridgehead atoms. The van der Waals surface area contributed by atoms with E-state index in [0.717, 1.165) is 24.8 Å². The van der Waals surface area contributed by atoms with Crippen molar-refractivity contribution < 1.29 is 14.7 Å². The molecule has 0 aromatic heterocycles. The lowest BCUT2D eigenvalue weighted by molar-refractivity contribution is -0.139. The van der Waals surface area contributed by atoms with Crippen LogP contribution in [0.2, 0.25) is 0 Å². The van der Waals surface area contributed by atoms with E-state index in [4.69, 9.17) is 5.11 Å². The molecule has 1 heterocycles. The summed E-state index contributed by atoms with van der Waals surface area (Å²) in [6.07, 6.45) is 2.96. The predicted octanol–water partition coefficient (Wildman–Crippen LogP) is 2.39. The number of likely N-dealkylation sites (tertiary alicyclic amines) is 1. The van der Waals surface area contributed by atoms with Gasteiger partial charge in [0, 0.05) is 19.0 Å². The Morgan fingerprint density at radius 1 is 1.40 bits per heavy atom. The number of carbonyl (C=O) groups is 2. The van der Waals surface area contributed by atoms with E-state index >= 15 is 0 Å². The molecular weight excluding hydrogens is 254 g/mol. The van der Waals surface area contributed by atoms with Crippen molar-refractivity contribution in [2.24, 2.45) is 0 Å². The molecule has 20 heavy (non-hydrogen) atoms. The number of rotatable bonds is 5. The minimum Gasteiger partial charge on any atom is -0.481 e. The Labute approximate surface area is 119 Å². The molecule has 1 saturated heterocycles. The molecule has 4 nitrogen and oxygen atoms in total. The van der Waals surface area contributed by atoms with Crippen LogP contribution in [0.15, 0.2) is 24.3 Å². The first-order valence-corrected chi connectivity index (χ1v) is 7.13. The quantitative estimate of drug-likeness (QED) is 0.897. The monoisotopic (exact) mass is 275 g/mol. The maximum atomic E-state index is 12.2. The van der Waals surface area contributed by atoms with Crippen LogP contribution < -0.4 is 0 Å². The molecule has 4 heteroatoms. The van der Waals surface area contributed by atoms with E-state index in [1.165, 1.54) is 5.56 Å². The first-order valence-electron chi connectivity index (χ1n) is 7.13. The Morgan fingerprint density at radius 2 is 2.20 bits per heavy atom. The Kier molecular flexibility index (Phi) is 4.77. The highest BCUT2D eigenvalue weighted by atomic mass is 16.4. The molecule has 108 valence electrons. The van der Waals surface area contributed by atoms with Crippen LogP contribution in [0.5, 0.6) is 0 Å². The van der Waals surface area contributed by atoms with E-state index < -0.39 is 5.97 Å². The summed E-state index contributed by atoms with van der Waals surface area (Å²) in [5.74, 6) is -0.747. The zero-order chi connectivity index (χ0) is 14.5. The van der Waals surface area contributed by atoms with Crippen LogP contribution in [0.3, 0.4) is 0 Å². The van der Waals surface area contributed by atoms with Crippen molar-refractivity contribution in [2.45, 2.75) is 45.1 Å². The zero-order valence-corrected chi connectivity index (χ0v) is 11.8. The number of aliphatic carboxylic acids is 1. The largest absolute Gasteiger partial charge is 0.481 e. The first-order chi connectivity index (χ1) is 9.56. The van der Waals surface area contributed by atoms with Crippen LogP contribution >= 0.6 is 0 Å². The van der Waals surface area contributed by atoms with Crippen molar-refractivity contribution in [3.63, 3.8) is 0 Å². The van der Waals surface area contributed by atoms with E-state index in [1.807, 2.05) is 25.1 Å². The average molecular weight is 275 g/mol. The van der Waals surface area contributed by atoms with Crippen LogP contribution in [0, 0.1) is 6.92 Å². The molecule has 1 unspecified atom stereocenters. The van der Waals surface area contributed by atoms with Crippen LogP contribution in [0.1, 0.15) is 36.8 Å². The van der Waals surface area contributed by atoms with Gasteiger partial charge in [0.2, 0.25) is 5.91 Å². The molecule has 1 aromatic rings. The molecule has 1 atom stereocenters. The van der Waals surface area contributed by atoms with Gasteiger partial charge in [-0.05, 0) is 31.7 Å². The summed E-state index contributed by atoms with van der Waals surface area (Å²) in [6.45, 7) is 2.74. The third kappa shape index (κ3) is 3.83. The first kappa shape index (κ1) is 14.6. The summed E-state index contributed by atoms with van der Waals surface area (Å²) >= 11 is 0. The van der Waals surface area contributed by atoms with Gasteiger partial charge < -0.3 is 10.0 Å². The van der Waals surface area contributed by atoms with Gasteiger partial charge in [0.25, 0.3) is 0 Å². The highest BCUT2D eigenvalue weighted by Crippen LogP contribution is 2.21. The number of hydrogen-bond acceptors (Lipinski definition) is 2. The van der Waals surface area contributed by atoms with Crippen molar-refractivity contribution in [3.8, 4) is 0 Å². The van der Waals surface area contributed by atoms with Crippen molar-refractivity contribution in [3.05, 3.63) is 35.4 Å². The number of aryl methyl sites for hydroxylation is 2. The lowest BCUT2D eigenvalue weighted by Crippen LogP contribution is -2.36. The molecule has 0 radical (unpaired) electrons. The maximum absolute atomic E-state index is 12.2. The second-order valence-electron chi connectivity index (χ2n) is 5.47. The van der Waals surface area contributed by atoms with Gasteiger partial charge in [-0.3, -0.25) is 9.59 Å². The molecule has 1 aromatic carbocycles. The summed E-state index contributed by atoms with van der Waals surface area (Å²) in [5, 5.41) is 8.87. The minimum atomic E-state index is -0.826. The number of nitrogens with zero attached hydrogens (tertiary/aromatic N) is 1. The fourth-order valence-corrected chi connectivity index (χ4v) is 2.84. The summed E-state index contributed by atoms with van der Waals surface area (Å²) in [5.41, 5.74) is 2.35. The predicted molar refractivity (Wildman–Crippen MR) is 76.5 cm³/mol. The van der Waals surface area contributed by atoms with E-state index in [9.17, 15) is 9.59 Å². The second kappa shape index (κ2) is 6.55. The van der Waals surface area contributed by atoms with Gasteiger partial charge in [-0.1, -0.05) is 29.8 Å². The van der Waals surface area contributed by atoms with Crippen molar-refractivity contribution in [1.29, 1.82) is 0 Å². The number of carbonyl (C=O) groups excluding carboxylic acids is 1. The van der Waals surface area contributed by atoms with Gasteiger partial charge in [-0.15, -0.1) is 0 Å². The summed E-state index contributed by atoms with van der Waals surface area (Å²) < 4.78 is 0. The number of benzene rings is 1. The second-order valence-corrected chi connectivity index (χ2v) is 5.47. The number of hydrogen-bond donors (Lipinski definition) is 1. The van der Waals surface area contributed by atoms with E-state index in [-0.39, 0.29) is 18.4 Å². The molecule has 0 saturated carbocycles. The Morgan fingerprint density at radius 3 is 2.90 bits per heavy atom. The Bertz CT molecular complexity index is 498. The fourth-order valence-electron chi connectivity index (χ4n) is 2.84. The number of carboxylic acids is 1. The molecule has 1 aliphatic rings. The normalized spacial score (nSPS) is 18.2. The van der Waals surface area contributed by atoms with Gasteiger partial charge in [-0.2, -0.15) is 0 Å². The van der Waals surface area contributed by atoms with Crippen LogP contribution in [0.4, 0.5) is 0 Å². The van der Waals surface area contributed by atoms with E-state index in [0.29, 0.717) is 13.0 Å². The van der Waals surface area contributed by atoms with Crippen molar-refractivity contribution in [2.75, 3.05) is 6.54 Å².